The molecule has 0 N–H and O–H groups in total. The van der Waals surface area contributed by atoms with Gasteiger partial charge < -0.3 is 4.90 Å². The van der Waals surface area contributed by atoms with Crippen molar-refractivity contribution in [2.45, 2.75) is 26.7 Å². The highest BCUT2D eigenvalue weighted by atomic mass is 79.9. The molecule has 1 aromatic heterocycles. The standard InChI is InChI=1S/C12H18BrN3O/c1-8-5-4-6-16(7-8)12(17)11-10(13)9(2)15(3)14-11/h8H,4-7H2,1-3H3/t8-/m0/s1. The van der Waals surface area contributed by atoms with Crippen molar-refractivity contribution in [3.05, 3.63) is 15.9 Å². The Morgan fingerprint density at radius 2 is 2.24 bits per heavy atom. The Morgan fingerprint density at radius 3 is 2.76 bits per heavy atom. The van der Waals surface area contributed by atoms with E-state index >= 15 is 0 Å². The molecule has 0 radical (unpaired) electrons. The van der Waals surface area contributed by atoms with Gasteiger partial charge in [0.25, 0.3) is 5.91 Å². The first-order valence-electron chi connectivity index (χ1n) is 5.99. The van der Waals surface area contributed by atoms with Crippen LogP contribution < -0.4 is 0 Å². The number of likely N-dealkylation sites (tertiary alicyclic amines) is 1. The minimum Gasteiger partial charge on any atom is -0.337 e. The lowest BCUT2D eigenvalue weighted by Crippen LogP contribution is -2.39. The van der Waals surface area contributed by atoms with Gasteiger partial charge in [-0.25, -0.2) is 0 Å². The first-order chi connectivity index (χ1) is 8.00. The van der Waals surface area contributed by atoms with Crippen molar-refractivity contribution >= 4 is 21.8 Å². The number of hydrogen-bond donors (Lipinski definition) is 0. The molecule has 2 heterocycles. The Kier molecular flexibility index (Phi) is 3.56. The third-order valence-corrected chi connectivity index (χ3v) is 4.36. The highest BCUT2D eigenvalue weighted by Gasteiger charge is 2.26. The molecule has 0 unspecified atom stereocenters. The Bertz CT molecular complexity index is 441. The van der Waals surface area contributed by atoms with Crippen LogP contribution in [-0.4, -0.2) is 33.7 Å². The predicted octanol–water partition coefficient (Wildman–Crippen LogP) is 2.36. The second kappa shape index (κ2) is 4.80. The number of rotatable bonds is 1. The molecule has 2 rings (SSSR count). The van der Waals surface area contributed by atoms with Gasteiger partial charge in [0.05, 0.1) is 10.2 Å². The molecule has 17 heavy (non-hydrogen) atoms. The van der Waals surface area contributed by atoms with Gasteiger partial charge >= 0.3 is 0 Å². The van der Waals surface area contributed by atoms with E-state index in [0.29, 0.717) is 11.6 Å². The molecule has 94 valence electrons. The molecule has 1 aliphatic rings. The van der Waals surface area contributed by atoms with Crippen LogP contribution in [0.5, 0.6) is 0 Å². The second-order valence-electron chi connectivity index (χ2n) is 4.87. The van der Waals surface area contributed by atoms with Gasteiger partial charge in [-0.2, -0.15) is 5.10 Å². The normalized spacial score (nSPS) is 20.7. The van der Waals surface area contributed by atoms with Crippen LogP contribution in [0.25, 0.3) is 0 Å². The van der Waals surface area contributed by atoms with Crippen molar-refractivity contribution < 1.29 is 4.79 Å². The molecule has 4 nitrogen and oxygen atoms in total. The highest BCUT2D eigenvalue weighted by Crippen LogP contribution is 2.24. The van der Waals surface area contributed by atoms with Crippen molar-refractivity contribution in [2.24, 2.45) is 13.0 Å². The third kappa shape index (κ3) is 2.39. The molecule has 1 amide bonds. The number of aromatic nitrogens is 2. The van der Waals surface area contributed by atoms with Crippen molar-refractivity contribution in [1.29, 1.82) is 0 Å². The van der Waals surface area contributed by atoms with Gasteiger partial charge in [0.15, 0.2) is 5.69 Å². The van der Waals surface area contributed by atoms with Crippen LogP contribution in [0, 0.1) is 12.8 Å². The van der Waals surface area contributed by atoms with E-state index in [1.165, 1.54) is 6.42 Å². The molecule has 0 saturated carbocycles. The Labute approximate surface area is 110 Å². The highest BCUT2D eigenvalue weighted by molar-refractivity contribution is 9.10. The average molecular weight is 300 g/mol. The Balaban J connectivity index is 2.21. The van der Waals surface area contributed by atoms with E-state index in [4.69, 9.17) is 0 Å². The van der Waals surface area contributed by atoms with Crippen LogP contribution in [0.3, 0.4) is 0 Å². The summed E-state index contributed by atoms with van der Waals surface area (Å²) in [5.74, 6) is 0.642. The summed E-state index contributed by atoms with van der Waals surface area (Å²) in [6, 6.07) is 0. The van der Waals surface area contributed by atoms with Crippen LogP contribution in [0.1, 0.15) is 35.9 Å². The SMILES string of the molecule is Cc1c(Br)c(C(=O)N2CCC[C@H](C)C2)nn1C. The van der Waals surface area contributed by atoms with Crippen LogP contribution in [-0.2, 0) is 7.05 Å². The number of aryl methyl sites for hydroxylation is 1. The summed E-state index contributed by atoms with van der Waals surface area (Å²) in [7, 11) is 1.86. The molecule has 1 saturated heterocycles. The van der Waals surface area contributed by atoms with Gasteiger partial charge in [0.1, 0.15) is 0 Å². The Hall–Kier alpha value is -0.840. The molecule has 0 aromatic carbocycles. The van der Waals surface area contributed by atoms with E-state index in [9.17, 15) is 4.79 Å². The molecule has 1 atom stereocenters. The molecule has 1 fully saturated rings. The van der Waals surface area contributed by atoms with Gasteiger partial charge in [0.2, 0.25) is 0 Å². The minimum absolute atomic E-state index is 0.0483. The largest absolute Gasteiger partial charge is 0.337 e. The summed E-state index contributed by atoms with van der Waals surface area (Å²) >= 11 is 3.45. The van der Waals surface area contributed by atoms with Crippen LogP contribution in [0.4, 0.5) is 0 Å². The number of nitrogens with zero attached hydrogens (tertiary/aromatic N) is 3. The fourth-order valence-electron chi connectivity index (χ4n) is 2.24. The fourth-order valence-corrected chi connectivity index (χ4v) is 2.75. The zero-order chi connectivity index (χ0) is 12.6. The molecule has 0 spiro atoms. The summed E-state index contributed by atoms with van der Waals surface area (Å²) < 4.78 is 2.56. The van der Waals surface area contributed by atoms with Crippen molar-refractivity contribution in [3.8, 4) is 0 Å². The number of amides is 1. The van der Waals surface area contributed by atoms with E-state index < -0.39 is 0 Å². The van der Waals surface area contributed by atoms with Crippen LogP contribution >= 0.6 is 15.9 Å². The average Bonchev–Trinajstić information content (AvgIpc) is 2.56. The molecule has 1 aromatic rings. The van der Waals surface area contributed by atoms with E-state index in [2.05, 4.69) is 28.0 Å². The molecule has 5 heteroatoms. The molecule has 1 aliphatic heterocycles. The molecule has 0 bridgehead atoms. The number of carbonyl (C=O) groups excluding carboxylic acids is 1. The molecule has 0 aliphatic carbocycles. The molecular weight excluding hydrogens is 282 g/mol. The summed E-state index contributed by atoms with van der Waals surface area (Å²) in [6.07, 6.45) is 2.31. The van der Waals surface area contributed by atoms with Gasteiger partial charge in [-0.15, -0.1) is 0 Å². The van der Waals surface area contributed by atoms with Crippen molar-refractivity contribution in [3.63, 3.8) is 0 Å². The van der Waals surface area contributed by atoms with Crippen LogP contribution in [0.2, 0.25) is 0 Å². The number of halogens is 1. The Morgan fingerprint density at radius 1 is 1.53 bits per heavy atom. The van der Waals surface area contributed by atoms with E-state index in [1.807, 2.05) is 18.9 Å². The maximum absolute atomic E-state index is 12.4. The van der Waals surface area contributed by atoms with Crippen molar-refractivity contribution in [2.75, 3.05) is 13.1 Å². The number of piperidine rings is 1. The topological polar surface area (TPSA) is 38.1 Å². The monoisotopic (exact) mass is 299 g/mol. The molecular formula is C12H18BrN3O. The second-order valence-corrected chi connectivity index (χ2v) is 5.66. The third-order valence-electron chi connectivity index (χ3n) is 3.41. The lowest BCUT2D eigenvalue weighted by Gasteiger charge is -2.30. The van der Waals surface area contributed by atoms with E-state index in [1.54, 1.807) is 4.68 Å². The zero-order valence-electron chi connectivity index (χ0n) is 10.5. The van der Waals surface area contributed by atoms with Gasteiger partial charge in [-0.1, -0.05) is 6.92 Å². The lowest BCUT2D eigenvalue weighted by molar-refractivity contribution is 0.0675. The summed E-state index contributed by atoms with van der Waals surface area (Å²) in [6.45, 7) is 5.84. The first kappa shape index (κ1) is 12.6. The summed E-state index contributed by atoms with van der Waals surface area (Å²) in [5, 5.41) is 4.29. The summed E-state index contributed by atoms with van der Waals surface area (Å²) in [4.78, 5) is 14.3. The predicted molar refractivity (Wildman–Crippen MR) is 69.9 cm³/mol. The van der Waals surface area contributed by atoms with Gasteiger partial charge in [-0.05, 0) is 41.6 Å². The quantitative estimate of drug-likeness (QED) is 0.798. The summed E-state index contributed by atoms with van der Waals surface area (Å²) in [5.41, 5.74) is 1.53. The smallest absolute Gasteiger partial charge is 0.275 e. The van der Waals surface area contributed by atoms with Crippen molar-refractivity contribution in [1.82, 2.24) is 14.7 Å². The number of hydrogen-bond acceptors (Lipinski definition) is 2. The maximum Gasteiger partial charge on any atom is 0.275 e. The number of carbonyl (C=O) groups is 1. The van der Waals surface area contributed by atoms with E-state index in [0.717, 1.165) is 29.7 Å². The first-order valence-corrected chi connectivity index (χ1v) is 6.78. The minimum atomic E-state index is 0.0483. The lowest BCUT2D eigenvalue weighted by atomic mass is 10.00. The van der Waals surface area contributed by atoms with E-state index in [-0.39, 0.29) is 5.91 Å². The van der Waals surface area contributed by atoms with Crippen LogP contribution in [0.15, 0.2) is 4.47 Å². The van der Waals surface area contributed by atoms with Gasteiger partial charge in [0, 0.05) is 20.1 Å². The maximum atomic E-state index is 12.4. The fraction of sp³-hybridized carbons (Fsp3) is 0.667. The zero-order valence-corrected chi connectivity index (χ0v) is 12.1. The van der Waals surface area contributed by atoms with Gasteiger partial charge in [-0.3, -0.25) is 9.48 Å².